The number of primary amides is 1. The second-order valence-electron chi connectivity index (χ2n) is 5.99. The number of aromatic nitrogens is 3. The van der Waals surface area contributed by atoms with Crippen molar-refractivity contribution in [2.24, 2.45) is 5.73 Å². The van der Waals surface area contributed by atoms with E-state index in [-0.39, 0.29) is 18.9 Å². The third kappa shape index (κ3) is 3.85. The first-order valence-corrected chi connectivity index (χ1v) is 8.32. The van der Waals surface area contributed by atoms with E-state index in [1.54, 1.807) is 9.58 Å². The maximum absolute atomic E-state index is 12.0. The van der Waals surface area contributed by atoms with E-state index in [4.69, 9.17) is 10.8 Å². The molecule has 2 aromatic rings. The van der Waals surface area contributed by atoms with Crippen molar-refractivity contribution in [3.63, 3.8) is 0 Å². The Balaban J connectivity index is 1.95. The number of aliphatic hydroxyl groups excluding tert-OH is 1. The molecule has 0 radical (unpaired) electrons. The van der Waals surface area contributed by atoms with Gasteiger partial charge in [-0.15, -0.1) is 0 Å². The van der Waals surface area contributed by atoms with Gasteiger partial charge in [-0.05, 0) is 25.0 Å². The molecule has 2 amide bonds. The summed E-state index contributed by atoms with van der Waals surface area (Å²) in [5.41, 5.74) is 6.86. The van der Waals surface area contributed by atoms with Crippen molar-refractivity contribution in [3.8, 4) is 11.4 Å². The largest absolute Gasteiger partial charge is 0.396 e. The molecule has 0 bridgehead atoms. The first-order chi connectivity index (χ1) is 12.1. The van der Waals surface area contributed by atoms with E-state index in [0.717, 1.165) is 17.7 Å². The van der Waals surface area contributed by atoms with Crippen LogP contribution >= 0.6 is 0 Å². The summed E-state index contributed by atoms with van der Waals surface area (Å²) in [5.74, 6) is 0.567. The molecule has 1 aromatic heterocycles. The van der Waals surface area contributed by atoms with Gasteiger partial charge in [-0.1, -0.05) is 12.1 Å². The molecule has 0 spiro atoms. The van der Waals surface area contributed by atoms with Crippen LogP contribution < -0.4 is 10.6 Å². The molecule has 2 heterocycles. The van der Waals surface area contributed by atoms with E-state index >= 15 is 0 Å². The molecular formula is C17H21N5O3. The second kappa shape index (κ2) is 7.43. The van der Waals surface area contributed by atoms with Gasteiger partial charge in [0.15, 0.2) is 11.6 Å². The minimum absolute atomic E-state index is 0.0345. The molecule has 0 saturated carbocycles. The van der Waals surface area contributed by atoms with E-state index < -0.39 is 5.91 Å². The van der Waals surface area contributed by atoms with Crippen LogP contribution in [-0.4, -0.2) is 44.8 Å². The number of aliphatic hydroxyl groups is 1. The topological polar surface area (TPSA) is 114 Å². The highest BCUT2D eigenvalue weighted by atomic mass is 16.3. The van der Waals surface area contributed by atoms with Crippen LogP contribution in [0.5, 0.6) is 0 Å². The Labute approximate surface area is 145 Å². The van der Waals surface area contributed by atoms with Gasteiger partial charge < -0.3 is 15.7 Å². The average molecular weight is 343 g/mol. The molecule has 0 unspecified atom stereocenters. The lowest BCUT2D eigenvalue weighted by Gasteiger charge is -2.16. The summed E-state index contributed by atoms with van der Waals surface area (Å²) in [4.78, 5) is 29.3. The third-order valence-corrected chi connectivity index (χ3v) is 4.07. The lowest BCUT2D eigenvalue weighted by atomic mass is 10.1. The van der Waals surface area contributed by atoms with E-state index in [0.29, 0.717) is 37.6 Å². The number of nitrogens with two attached hydrogens (primary N) is 1. The van der Waals surface area contributed by atoms with E-state index in [1.165, 1.54) is 0 Å². The molecule has 25 heavy (non-hydrogen) atoms. The molecule has 3 N–H and O–H groups in total. The summed E-state index contributed by atoms with van der Waals surface area (Å²) >= 11 is 0. The van der Waals surface area contributed by atoms with Gasteiger partial charge in [-0.25, -0.2) is 9.67 Å². The fourth-order valence-corrected chi connectivity index (χ4v) is 2.94. The van der Waals surface area contributed by atoms with Crippen molar-refractivity contribution in [3.05, 3.63) is 30.1 Å². The first kappa shape index (κ1) is 17.1. The van der Waals surface area contributed by atoms with Gasteiger partial charge in [0.1, 0.15) is 0 Å². The number of nitrogens with zero attached hydrogens (tertiary/aromatic N) is 4. The van der Waals surface area contributed by atoms with Crippen LogP contribution in [0.25, 0.3) is 11.4 Å². The minimum atomic E-state index is -0.498. The smallest absolute Gasteiger partial charge is 0.227 e. The van der Waals surface area contributed by atoms with Crippen LogP contribution in [0.3, 0.4) is 0 Å². The highest BCUT2D eigenvalue weighted by molar-refractivity contribution is 5.95. The number of carbonyl (C=O) groups is 2. The number of aryl methyl sites for hydroxylation is 1. The Bertz CT molecular complexity index is 786. The monoisotopic (exact) mass is 343 g/mol. The highest BCUT2D eigenvalue weighted by Gasteiger charge is 2.22. The molecular weight excluding hydrogens is 322 g/mol. The number of rotatable bonds is 7. The summed E-state index contributed by atoms with van der Waals surface area (Å²) in [7, 11) is 0. The van der Waals surface area contributed by atoms with Crippen molar-refractivity contribution in [2.45, 2.75) is 32.2 Å². The number of amides is 2. The average Bonchev–Trinajstić information content (AvgIpc) is 3.18. The fraction of sp³-hybridized carbons (Fsp3) is 0.412. The van der Waals surface area contributed by atoms with Gasteiger partial charge in [-0.2, -0.15) is 5.10 Å². The van der Waals surface area contributed by atoms with E-state index in [2.05, 4.69) is 10.1 Å². The molecule has 1 aliphatic rings. The Morgan fingerprint density at radius 1 is 1.36 bits per heavy atom. The summed E-state index contributed by atoms with van der Waals surface area (Å²) < 4.78 is 1.67. The van der Waals surface area contributed by atoms with Gasteiger partial charge in [0, 0.05) is 37.4 Å². The van der Waals surface area contributed by atoms with Crippen LogP contribution in [-0.2, 0) is 22.6 Å². The normalized spacial score (nSPS) is 14.3. The number of benzene rings is 1. The zero-order valence-electron chi connectivity index (χ0n) is 13.9. The van der Waals surface area contributed by atoms with Gasteiger partial charge in [0.2, 0.25) is 11.8 Å². The predicted octanol–water partition coefficient (Wildman–Crippen LogP) is 0.482. The highest BCUT2D eigenvalue weighted by Crippen LogP contribution is 2.27. The SMILES string of the molecule is NC(=O)Cc1nc(-c2cccc(N3CCCC3=O)c2)n(CCCO)n1. The Morgan fingerprint density at radius 3 is 2.88 bits per heavy atom. The molecule has 3 rings (SSSR count). The summed E-state index contributed by atoms with van der Waals surface area (Å²) in [6.07, 6.45) is 1.91. The van der Waals surface area contributed by atoms with Gasteiger partial charge >= 0.3 is 0 Å². The molecule has 1 fully saturated rings. The minimum Gasteiger partial charge on any atom is -0.396 e. The molecule has 1 aromatic carbocycles. The number of carbonyl (C=O) groups excluding carboxylic acids is 2. The van der Waals surface area contributed by atoms with Gasteiger partial charge in [0.25, 0.3) is 0 Å². The van der Waals surface area contributed by atoms with Crippen LogP contribution in [0.4, 0.5) is 5.69 Å². The Hall–Kier alpha value is -2.74. The molecule has 132 valence electrons. The fourth-order valence-electron chi connectivity index (χ4n) is 2.94. The molecule has 0 aliphatic carbocycles. The van der Waals surface area contributed by atoms with E-state index in [9.17, 15) is 9.59 Å². The first-order valence-electron chi connectivity index (χ1n) is 8.32. The maximum Gasteiger partial charge on any atom is 0.227 e. The number of hydrogen-bond donors (Lipinski definition) is 2. The summed E-state index contributed by atoms with van der Waals surface area (Å²) in [6, 6.07) is 7.55. The maximum atomic E-state index is 12.0. The van der Waals surface area contributed by atoms with Crippen LogP contribution in [0.15, 0.2) is 24.3 Å². The zero-order chi connectivity index (χ0) is 17.8. The molecule has 0 atom stereocenters. The summed E-state index contributed by atoms with van der Waals surface area (Å²) in [5, 5.41) is 13.4. The Morgan fingerprint density at radius 2 is 2.20 bits per heavy atom. The van der Waals surface area contributed by atoms with Crippen molar-refractivity contribution in [2.75, 3.05) is 18.1 Å². The van der Waals surface area contributed by atoms with Crippen molar-refractivity contribution >= 4 is 17.5 Å². The number of anilines is 1. The summed E-state index contributed by atoms with van der Waals surface area (Å²) in [6.45, 7) is 1.23. The lowest BCUT2D eigenvalue weighted by molar-refractivity contribution is -0.118. The van der Waals surface area contributed by atoms with Crippen molar-refractivity contribution in [1.29, 1.82) is 0 Å². The quantitative estimate of drug-likeness (QED) is 0.759. The van der Waals surface area contributed by atoms with Crippen molar-refractivity contribution in [1.82, 2.24) is 14.8 Å². The van der Waals surface area contributed by atoms with E-state index in [1.807, 2.05) is 24.3 Å². The Kier molecular flexibility index (Phi) is 5.08. The van der Waals surface area contributed by atoms with Crippen LogP contribution in [0.1, 0.15) is 25.1 Å². The predicted molar refractivity (Wildman–Crippen MR) is 91.6 cm³/mol. The zero-order valence-corrected chi connectivity index (χ0v) is 13.9. The molecule has 1 aliphatic heterocycles. The van der Waals surface area contributed by atoms with Gasteiger partial charge in [0.05, 0.1) is 6.42 Å². The molecule has 8 nitrogen and oxygen atoms in total. The van der Waals surface area contributed by atoms with Crippen LogP contribution in [0, 0.1) is 0 Å². The van der Waals surface area contributed by atoms with Crippen LogP contribution in [0.2, 0.25) is 0 Å². The standard InChI is InChI=1S/C17H21N5O3/c18-14(24)11-15-19-17(22(20-15)8-3-9-23)12-4-1-5-13(10-12)21-7-2-6-16(21)25/h1,4-5,10,23H,2-3,6-9,11H2,(H2,18,24). The lowest BCUT2D eigenvalue weighted by Crippen LogP contribution is -2.23. The van der Waals surface area contributed by atoms with Gasteiger partial charge in [-0.3, -0.25) is 9.59 Å². The molecule has 8 heteroatoms. The molecule has 1 saturated heterocycles. The van der Waals surface area contributed by atoms with Crippen molar-refractivity contribution < 1.29 is 14.7 Å². The third-order valence-electron chi connectivity index (χ3n) is 4.07. The number of hydrogen-bond acceptors (Lipinski definition) is 5. The second-order valence-corrected chi connectivity index (χ2v) is 5.99.